The lowest BCUT2D eigenvalue weighted by Gasteiger charge is -2.03. The van der Waals surface area contributed by atoms with E-state index in [1.54, 1.807) is 0 Å². The molecule has 0 atom stereocenters. The van der Waals surface area contributed by atoms with Crippen molar-refractivity contribution in [3.8, 4) is 0 Å². The second-order valence-electron chi connectivity index (χ2n) is 3.24. The summed E-state index contributed by atoms with van der Waals surface area (Å²) < 4.78 is 25.6. The van der Waals surface area contributed by atoms with Crippen LogP contribution in [0.5, 0.6) is 0 Å². The molecule has 0 spiro atoms. The molecule has 14 heavy (non-hydrogen) atoms. The highest BCUT2D eigenvalue weighted by Gasteiger charge is 2.34. The second-order valence-corrected chi connectivity index (χ2v) is 4.81. The molecule has 1 heterocycles. The smallest absolute Gasteiger partial charge is 0.289 e. The molecule has 1 aliphatic heterocycles. The van der Waals surface area contributed by atoms with Gasteiger partial charge in [0.05, 0.1) is 11.9 Å². The first-order valence-corrected chi connectivity index (χ1v) is 5.55. The Morgan fingerprint density at radius 3 is 2.64 bits per heavy atom. The van der Waals surface area contributed by atoms with E-state index in [1.165, 1.54) is 0 Å². The molecule has 3 N–H and O–H groups in total. The molecule has 1 amide bonds. The number of allylic oxidation sites excluding steroid dienone is 1. The van der Waals surface area contributed by atoms with Crippen molar-refractivity contribution in [2.75, 3.05) is 0 Å². The van der Waals surface area contributed by atoms with Crippen molar-refractivity contribution in [1.82, 2.24) is 5.32 Å². The molecular formula is C7H9N3O3S. The maximum absolute atomic E-state index is 11.4. The average molecular weight is 215 g/mol. The van der Waals surface area contributed by atoms with Gasteiger partial charge in [0.15, 0.2) is 4.91 Å². The van der Waals surface area contributed by atoms with Crippen molar-refractivity contribution in [3.63, 3.8) is 0 Å². The molecule has 0 unspecified atom stereocenters. The summed E-state index contributed by atoms with van der Waals surface area (Å²) in [5.41, 5.74) is 5.25. The number of amides is 1. The van der Waals surface area contributed by atoms with Gasteiger partial charge in [-0.3, -0.25) is 4.79 Å². The lowest BCUT2D eigenvalue weighted by Crippen LogP contribution is -2.30. The van der Waals surface area contributed by atoms with Crippen molar-refractivity contribution in [3.05, 3.63) is 10.6 Å². The van der Waals surface area contributed by atoms with Gasteiger partial charge < -0.3 is 11.1 Å². The predicted molar refractivity (Wildman–Crippen MR) is 49.8 cm³/mol. The molecule has 6 nitrogen and oxygen atoms in total. The number of carbonyl (C=O) groups is 1. The molecule has 0 aromatic carbocycles. The van der Waals surface area contributed by atoms with E-state index in [2.05, 4.69) is 9.71 Å². The molecule has 0 aromatic heterocycles. The number of hydrogen-bond donors (Lipinski definition) is 2. The summed E-state index contributed by atoms with van der Waals surface area (Å²) in [5, 5.41) is 2.55. The van der Waals surface area contributed by atoms with Crippen LogP contribution >= 0.6 is 0 Å². The quantitative estimate of drug-likeness (QED) is 0.607. The maximum atomic E-state index is 11.4. The van der Waals surface area contributed by atoms with Crippen LogP contribution in [0, 0.1) is 0 Å². The fourth-order valence-electron chi connectivity index (χ4n) is 1.11. The van der Waals surface area contributed by atoms with E-state index in [0.717, 1.165) is 19.1 Å². The number of nitrogens with zero attached hydrogens (tertiary/aromatic N) is 1. The van der Waals surface area contributed by atoms with Crippen LogP contribution in [0.4, 0.5) is 0 Å². The second kappa shape index (κ2) is 2.81. The molecule has 2 rings (SSSR count). The number of nitrogens with one attached hydrogen (secondary N) is 1. The Labute approximate surface area is 80.9 Å². The van der Waals surface area contributed by atoms with Crippen LogP contribution in [0.2, 0.25) is 0 Å². The first-order chi connectivity index (χ1) is 6.50. The fourth-order valence-corrected chi connectivity index (χ4v) is 2.11. The zero-order valence-electron chi connectivity index (χ0n) is 7.23. The van der Waals surface area contributed by atoms with Gasteiger partial charge in [-0.15, -0.1) is 0 Å². The Bertz CT molecular complexity index is 445. The van der Waals surface area contributed by atoms with Gasteiger partial charge in [0.25, 0.3) is 15.9 Å². The maximum Gasteiger partial charge on any atom is 0.289 e. The van der Waals surface area contributed by atoms with Gasteiger partial charge in [0.1, 0.15) is 0 Å². The molecule has 1 saturated carbocycles. The minimum Gasteiger partial charge on any atom is -0.396 e. The normalized spacial score (nSPS) is 24.0. The van der Waals surface area contributed by atoms with E-state index in [1.807, 2.05) is 0 Å². The Balaban J connectivity index is 2.25. The summed E-state index contributed by atoms with van der Waals surface area (Å²) in [6.07, 6.45) is 2.76. The molecule has 1 aliphatic carbocycles. The van der Waals surface area contributed by atoms with E-state index < -0.39 is 20.8 Å². The molecule has 0 bridgehead atoms. The van der Waals surface area contributed by atoms with Crippen LogP contribution in [-0.4, -0.2) is 26.6 Å². The third kappa shape index (κ3) is 1.50. The molecule has 2 aliphatic rings. The standard InChI is InChI=1S/C7H9N3O3S/c8-5-3-9-14(12,13)6(5)7(11)10-4-1-2-4/h3-4H,1-2,8H2,(H,10,11). The number of sulfonamides is 1. The van der Waals surface area contributed by atoms with E-state index in [0.29, 0.717) is 0 Å². The number of rotatable bonds is 2. The van der Waals surface area contributed by atoms with Gasteiger partial charge >= 0.3 is 0 Å². The summed E-state index contributed by atoms with van der Waals surface area (Å²) in [6, 6.07) is 0.0959. The summed E-state index contributed by atoms with van der Waals surface area (Å²) in [5.74, 6) is -0.650. The van der Waals surface area contributed by atoms with Gasteiger partial charge in [-0.05, 0) is 12.8 Å². The molecule has 7 heteroatoms. The highest BCUT2D eigenvalue weighted by molar-refractivity contribution is 7.95. The monoisotopic (exact) mass is 215 g/mol. The first kappa shape index (κ1) is 9.20. The molecule has 1 fully saturated rings. The highest BCUT2D eigenvalue weighted by atomic mass is 32.2. The summed E-state index contributed by atoms with van der Waals surface area (Å²) >= 11 is 0. The van der Waals surface area contributed by atoms with Gasteiger partial charge in [0.2, 0.25) is 0 Å². The predicted octanol–water partition coefficient (Wildman–Crippen LogP) is -1.15. The molecule has 0 radical (unpaired) electrons. The van der Waals surface area contributed by atoms with Gasteiger partial charge in [-0.2, -0.15) is 12.8 Å². The third-order valence-corrected chi connectivity index (χ3v) is 3.29. The number of hydrogen-bond acceptors (Lipinski definition) is 4. The van der Waals surface area contributed by atoms with Crippen LogP contribution in [0.25, 0.3) is 0 Å². The largest absolute Gasteiger partial charge is 0.396 e. The molecule has 0 saturated heterocycles. The average Bonchev–Trinajstić information content (AvgIpc) is 2.80. The number of carbonyl (C=O) groups excluding carboxylic acids is 1. The summed E-state index contributed by atoms with van der Waals surface area (Å²) in [7, 11) is -3.84. The van der Waals surface area contributed by atoms with Crippen molar-refractivity contribution in [2.45, 2.75) is 18.9 Å². The van der Waals surface area contributed by atoms with Gasteiger partial charge in [-0.25, -0.2) is 0 Å². The van der Waals surface area contributed by atoms with E-state index in [-0.39, 0.29) is 11.7 Å². The summed E-state index contributed by atoms with van der Waals surface area (Å²) in [4.78, 5) is 11.0. The van der Waals surface area contributed by atoms with Crippen LogP contribution in [-0.2, 0) is 14.8 Å². The van der Waals surface area contributed by atoms with Crippen LogP contribution < -0.4 is 11.1 Å². The lowest BCUT2D eigenvalue weighted by molar-refractivity contribution is -0.117. The topological polar surface area (TPSA) is 102 Å². The zero-order chi connectivity index (χ0) is 10.3. The minimum absolute atomic E-state index is 0.0943. The number of nitrogens with two attached hydrogens (primary N) is 1. The van der Waals surface area contributed by atoms with Crippen LogP contribution in [0.3, 0.4) is 0 Å². The Hall–Kier alpha value is -1.37. The van der Waals surface area contributed by atoms with E-state index >= 15 is 0 Å². The molecular weight excluding hydrogens is 206 g/mol. The highest BCUT2D eigenvalue weighted by Crippen LogP contribution is 2.22. The van der Waals surface area contributed by atoms with Crippen molar-refractivity contribution in [2.24, 2.45) is 10.1 Å². The van der Waals surface area contributed by atoms with E-state index in [4.69, 9.17) is 5.73 Å². The van der Waals surface area contributed by atoms with Crippen molar-refractivity contribution < 1.29 is 13.2 Å². The van der Waals surface area contributed by atoms with E-state index in [9.17, 15) is 13.2 Å². The fraction of sp³-hybridized carbons (Fsp3) is 0.429. The van der Waals surface area contributed by atoms with Crippen LogP contribution in [0.1, 0.15) is 12.8 Å². The molecule has 76 valence electrons. The SMILES string of the molecule is NC1=C(C(=O)NC2CC2)S(=O)(=O)N=C1. The Morgan fingerprint density at radius 2 is 2.21 bits per heavy atom. The Morgan fingerprint density at radius 1 is 1.57 bits per heavy atom. The van der Waals surface area contributed by atoms with Crippen LogP contribution in [0.15, 0.2) is 15.0 Å². The van der Waals surface area contributed by atoms with Gasteiger partial charge in [-0.1, -0.05) is 0 Å². The minimum atomic E-state index is -3.84. The zero-order valence-corrected chi connectivity index (χ0v) is 8.04. The third-order valence-electron chi connectivity index (χ3n) is 1.97. The molecule has 0 aromatic rings. The first-order valence-electron chi connectivity index (χ1n) is 4.11. The summed E-state index contributed by atoms with van der Waals surface area (Å²) in [6.45, 7) is 0. The van der Waals surface area contributed by atoms with Gasteiger partial charge in [0, 0.05) is 6.04 Å². The van der Waals surface area contributed by atoms with Crippen molar-refractivity contribution >= 4 is 22.1 Å². The Kier molecular flexibility index (Phi) is 1.84. The lowest BCUT2D eigenvalue weighted by atomic mass is 10.4. The van der Waals surface area contributed by atoms with Crippen molar-refractivity contribution in [1.29, 1.82) is 0 Å².